The molecule has 0 heterocycles. The molecule has 0 aliphatic carbocycles. The second-order valence-electron chi connectivity index (χ2n) is 5.27. The first-order valence-electron chi connectivity index (χ1n) is 7.17. The van der Waals surface area contributed by atoms with E-state index in [1.165, 1.54) is 6.07 Å². The normalized spacial score (nSPS) is 15.0. The van der Waals surface area contributed by atoms with Crippen LogP contribution in [0.1, 0.15) is 58.1 Å². The summed E-state index contributed by atoms with van der Waals surface area (Å²) in [5, 5.41) is 9.52. The van der Waals surface area contributed by atoms with Gasteiger partial charge in [0.05, 0.1) is 11.0 Å². The summed E-state index contributed by atoms with van der Waals surface area (Å²) in [6.45, 7) is 5.62. The second kappa shape index (κ2) is 7.76. The molecule has 0 saturated carbocycles. The molecular formula is C15H25NO3S. The van der Waals surface area contributed by atoms with E-state index in [9.17, 15) is 13.5 Å². The zero-order chi connectivity index (χ0) is 15.2. The highest BCUT2D eigenvalue weighted by Gasteiger charge is 2.18. The van der Waals surface area contributed by atoms with E-state index in [-0.39, 0.29) is 10.9 Å². The summed E-state index contributed by atoms with van der Waals surface area (Å²) in [4.78, 5) is 0.207. The molecule has 2 unspecified atom stereocenters. The number of aliphatic hydroxyl groups excluding tert-OH is 1. The van der Waals surface area contributed by atoms with Gasteiger partial charge in [-0.1, -0.05) is 38.3 Å². The maximum atomic E-state index is 12.3. The Morgan fingerprint density at radius 1 is 1.25 bits per heavy atom. The van der Waals surface area contributed by atoms with E-state index in [2.05, 4.69) is 11.6 Å². The van der Waals surface area contributed by atoms with Gasteiger partial charge in [-0.15, -0.1) is 0 Å². The molecule has 0 bridgehead atoms. The number of sulfonamides is 1. The minimum absolute atomic E-state index is 0.0817. The first kappa shape index (κ1) is 17.1. The number of unbranched alkanes of at least 4 members (excludes halogenated alkanes) is 2. The molecule has 0 spiro atoms. The van der Waals surface area contributed by atoms with Crippen molar-refractivity contribution < 1.29 is 13.5 Å². The Hall–Kier alpha value is -0.910. The minimum atomic E-state index is -3.51. The van der Waals surface area contributed by atoms with Crippen LogP contribution in [-0.4, -0.2) is 19.6 Å². The number of benzene rings is 1. The van der Waals surface area contributed by atoms with Crippen LogP contribution in [-0.2, 0) is 10.0 Å². The quantitative estimate of drug-likeness (QED) is 0.725. The molecule has 0 aliphatic heterocycles. The van der Waals surface area contributed by atoms with Crippen LogP contribution in [0.25, 0.3) is 0 Å². The zero-order valence-corrected chi connectivity index (χ0v) is 13.3. The number of rotatable bonds is 8. The van der Waals surface area contributed by atoms with Gasteiger partial charge in [-0.25, -0.2) is 13.1 Å². The van der Waals surface area contributed by atoms with Crippen LogP contribution in [0.4, 0.5) is 0 Å². The van der Waals surface area contributed by atoms with Gasteiger partial charge >= 0.3 is 0 Å². The van der Waals surface area contributed by atoms with Gasteiger partial charge in [0.2, 0.25) is 10.0 Å². The molecule has 2 N–H and O–H groups in total. The molecule has 114 valence electrons. The predicted molar refractivity (Wildman–Crippen MR) is 81.0 cm³/mol. The lowest BCUT2D eigenvalue weighted by Crippen LogP contribution is -2.32. The summed E-state index contributed by atoms with van der Waals surface area (Å²) in [5.74, 6) is 0. The molecule has 0 radical (unpaired) electrons. The molecule has 0 aliphatic rings. The fourth-order valence-corrected chi connectivity index (χ4v) is 3.37. The molecule has 0 saturated heterocycles. The summed E-state index contributed by atoms with van der Waals surface area (Å²) >= 11 is 0. The summed E-state index contributed by atoms with van der Waals surface area (Å²) < 4.78 is 27.2. The van der Waals surface area contributed by atoms with Gasteiger partial charge in [0.1, 0.15) is 0 Å². The van der Waals surface area contributed by atoms with Gasteiger partial charge in [-0.3, -0.25) is 0 Å². The summed E-state index contributed by atoms with van der Waals surface area (Å²) in [5.41, 5.74) is 0.603. The van der Waals surface area contributed by atoms with Crippen LogP contribution in [0, 0.1) is 0 Å². The van der Waals surface area contributed by atoms with Gasteiger partial charge in [0, 0.05) is 6.04 Å². The zero-order valence-electron chi connectivity index (χ0n) is 12.5. The van der Waals surface area contributed by atoms with Crippen LogP contribution in [0.2, 0.25) is 0 Å². The van der Waals surface area contributed by atoms with Crippen molar-refractivity contribution in [2.24, 2.45) is 0 Å². The molecule has 0 aromatic heterocycles. The van der Waals surface area contributed by atoms with Crippen molar-refractivity contribution in [3.63, 3.8) is 0 Å². The van der Waals surface area contributed by atoms with Crippen molar-refractivity contribution in [3.05, 3.63) is 29.8 Å². The van der Waals surface area contributed by atoms with Gasteiger partial charge in [0.25, 0.3) is 0 Å². The Morgan fingerprint density at radius 2 is 1.95 bits per heavy atom. The third kappa shape index (κ3) is 5.23. The highest BCUT2D eigenvalue weighted by molar-refractivity contribution is 7.89. The Bertz CT molecular complexity index is 512. The van der Waals surface area contributed by atoms with Crippen LogP contribution in [0.15, 0.2) is 29.2 Å². The Balaban J connectivity index is 2.75. The molecule has 1 aromatic carbocycles. The lowest BCUT2D eigenvalue weighted by atomic mass is 10.1. The molecule has 0 fully saturated rings. The van der Waals surface area contributed by atoms with Gasteiger partial charge in [0.15, 0.2) is 0 Å². The summed E-state index contributed by atoms with van der Waals surface area (Å²) in [6, 6.07) is 6.35. The Morgan fingerprint density at radius 3 is 2.55 bits per heavy atom. The number of hydrogen-bond acceptors (Lipinski definition) is 3. The molecule has 4 nitrogen and oxygen atoms in total. The lowest BCUT2D eigenvalue weighted by Gasteiger charge is -2.15. The largest absolute Gasteiger partial charge is 0.389 e. The van der Waals surface area contributed by atoms with Crippen molar-refractivity contribution in [1.82, 2.24) is 4.72 Å². The standard InChI is InChI=1S/C15H25NO3S/c1-4-5-6-8-12(2)16-20(18,19)15-10-7-9-14(11-15)13(3)17/h7,9-13,16-17H,4-6,8H2,1-3H3. The molecule has 20 heavy (non-hydrogen) atoms. The van der Waals surface area contributed by atoms with Crippen molar-refractivity contribution in [2.75, 3.05) is 0 Å². The van der Waals surface area contributed by atoms with E-state index >= 15 is 0 Å². The van der Waals surface area contributed by atoms with Crippen molar-refractivity contribution in [2.45, 2.75) is 63.5 Å². The molecule has 5 heteroatoms. The minimum Gasteiger partial charge on any atom is -0.389 e. The molecule has 0 amide bonds. The van der Waals surface area contributed by atoms with Crippen LogP contribution >= 0.6 is 0 Å². The molecule has 1 rings (SSSR count). The number of aliphatic hydroxyl groups is 1. The summed E-state index contributed by atoms with van der Waals surface area (Å²) in [7, 11) is -3.51. The smallest absolute Gasteiger partial charge is 0.240 e. The van der Waals surface area contributed by atoms with Crippen molar-refractivity contribution >= 4 is 10.0 Å². The highest BCUT2D eigenvalue weighted by Crippen LogP contribution is 2.17. The van der Waals surface area contributed by atoms with Crippen LogP contribution in [0.3, 0.4) is 0 Å². The predicted octanol–water partition coefficient (Wildman–Crippen LogP) is 2.99. The van der Waals surface area contributed by atoms with Crippen molar-refractivity contribution in [1.29, 1.82) is 0 Å². The Labute approximate surface area is 122 Å². The van der Waals surface area contributed by atoms with Crippen molar-refractivity contribution in [3.8, 4) is 0 Å². The van der Waals surface area contributed by atoms with E-state index in [0.29, 0.717) is 5.56 Å². The lowest BCUT2D eigenvalue weighted by molar-refractivity contribution is 0.199. The Kier molecular flexibility index (Phi) is 6.65. The fraction of sp³-hybridized carbons (Fsp3) is 0.600. The first-order chi connectivity index (χ1) is 9.36. The summed E-state index contributed by atoms with van der Waals surface area (Å²) in [6.07, 6.45) is 3.42. The van der Waals surface area contributed by atoms with E-state index in [1.54, 1.807) is 25.1 Å². The average molecular weight is 299 g/mol. The molecular weight excluding hydrogens is 274 g/mol. The first-order valence-corrected chi connectivity index (χ1v) is 8.65. The van der Waals surface area contributed by atoms with E-state index in [0.717, 1.165) is 25.7 Å². The van der Waals surface area contributed by atoms with Crippen LogP contribution < -0.4 is 4.72 Å². The van der Waals surface area contributed by atoms with Gasteiger partial charge in [-0.05, 0) is 38.0 Å². The fourth-order valence-electron chi connectivity index (χ4n) is 2.03. The van der Waals surface area contributed by atoms with Crippen LogP contribution in [0.5, 0.6) is 0 Å². The maximum absolute atomic E-state index is 12.3. The van der Waals surface area contributed by atoms with Gasteiger partial charge in [-0.2, -0.15) is 0 Å². The molecule has 1 aromatic rings. The topological polar surface area (TPSA) is 66.4 Å². The van der Waals surface area contributed by atoms with E-state index in [1.807, 2.05) is 6.92 Å². The van der Waals surface area contributed by atoms with E-state index < -0.39 is 16.1 Å². The average Bonchev–Trinajstić information content (AvgIpc) is 2.38. The number of nitrogens with one attached hydrogen (secondary N) is 1. The third-order valence-electron chi connectivity index (χ3n) is 3.25. The number of hydrogen-bond donors (Lipinski definition) is 2. The highest BCUT2D eigenvalue weighted by atomic mass is 32.2. The van der Waals surface area contributed by atoms with Gasteiger partial charge < -0.3 is 5.11 Å². The monoisotopic (exact) mass is 299 g/mol. The SMILES string of the molecule is CCCCCC(C)NS(=O)(=O)c1cccc(C(C)O)c1. The van der Waals surface area contributed by atoms with E-state index in [4.69, 9.17) is 0 Å². The molecule has 2 atom stereocenters. The second-order valence-corrected chi connectivity index (χ2v) is 6.98. The third-order valence-corrected chi connectivity index (χ3v) is 4.84. The maximum Gasteiger partial charge on any atom is 0.240 e.